The van der Waals surface area contributed by atoms with Crippen molar-refractivity contribution in [1.29, 1.82) is 0 Å². The molecule has 0 aromatic heterocycles. The van der Waals surface area contributed by atoms with E-state index >= 15 is 0 Å². The number of amides is 1. The lowest BCUT2D eigenvalue weighted by molar-refractivity contribution is -0.122. The van der Waals surface area contributed by atoms with Gasteiger partial charge in [-0.1, -0.05) is 19.3 Å². The number of rotatable bonds is 4. The summed E-state index contributed by atoms with van der Waals surface area (Å²) >= 11 is 7.10. The molecule has 1 unspecified atom stereocenters. The van der Waals surface area contributed by atoms with Gasteiger partial charge in [-0.05, 0) is 76.2 Å². The van der Waals surface area contributed by atoms with Crippen LogP contribution in [0, 0.1) is 6.92 Å². The van der Waals surface area contributed by atoms with E-state index in [1.807, 2.05) is 26.0 Å². The average molecular weight is 418 g/mol. The number of anilines is 1. The molecule has 1 aromatic rings. The zero-order valence-corrected chi connectivity index (χ0v) is 15.7. The van der Waals surface area contributed by atoms with Crippen LogP contribution in [0.2, 0.25) is 0 Å². The minimum absolute atomic E-state index is 0.0706. The number of hydrogen-bond donors (Lipinski definition) is 2. The summed E-state index contributed by atoms with van der Waals surface area (Å²) in [7, 11) is 0. The van der Waals surface area contributed by atoms with Gasteiger partial charge in [0.2, 0.25) is 5.91 Å². The van der Waals surface area contributed by atoms with Crippen molar-refractivity contribution in [3.63, 3.8) is 0 Å². The van der Waals surface area contributed by atoms with Gasteiger partial charge in [0.05, 0.1) is 5.69 Å². The Labute approximate surface area is 143 Å². The Morgan fingerprint density at radius 1 is 1.19 bits per heavy atom. The van der Waals surface area contributed by atoms with Crippen LogP contribution in [0.5, 0.6) is 0 Å². The highest BCUT2D eigenvalue weighted by Gasteiger charge is 2.20. The number of hydrogen-bond acceptors (Lipinski definition) is 2. The van der Waals surface area contributed by atoms with Gasteiger partial charge in [0.25, 0.3) is 0 Å². The van der Waals surface area contributed by atoms with Crippen molar-refractivity contribution in [2.45, 2.75) is 58.0 Å². The van der Waals surface area contributed by atoms with Crippen LogP contribution in [-0.2, 0) is 4.79 Å². The first-order chi connectivity index (χ1) is 9.97. The molecule has 21 heavy (non-hydrogen) atoms. The summed E-state index contributed by atoms with van der Waals surface area (Å²) in [5.41, 5.74) is 2.09. The number of nitrogens with one attached hydrogen (secondary N) is 2. The molecule has 0 saturated heterocycles. The minimum atomic E-state index is -0.262. The molecule has 5 heteroatoms. The summed E-state index contributed by atoms with van der Waals surface area (Å²) in [5.74, 6) is 0.0706. The highest BCUT2D eigenvalue weighted by atomic mass is 79.9. The highest BCUT2D eigenvalue weighted by Crippen LogP contribution is 2.32. The van der Waals surface area contributed by atoms with Gasteiger partial charge in [-0.25, -0.2) is 0 Å². The molecular weight excluding hydrogens is 396 g/mol. The van der Waals surface area contributed by atoms with Crippen LogP contribution in [0.25, 0.3) is 0 Å². The summed E-state index contributed by atoms with van der Waals surface area (Å²) in [6.45, 7) is 3.94. The van der Waals surface area contributed by atoms with Crippen LogP contribution in [0.4, 0.5) is 5.69 Å². The summed E-state index contributed by atoms with van der Waals surface area (Å²) in [6, 6.07) is 4.17. The first-order valence-corrected chi connectivity index (χ1v) is 9.08. The molecule has 1 fully saturated rings. The maximum atomic E-state index is 12.3. The fraction of sp³-hybridized carbons (Fsp3) is 0.562. The van der Waals surface area contributed by atoms with Crippen molar-refractivity contribution >= 4 is 43.5 Å². The fourth-order valence-corrected chi connectivity index (χ4v) is 4.34. The van der Waals surface area contributed by atoms with Crippen LogP contribution in [0.15, 0.2) is 21.1 Å². The number of carbonyl (C=O) groups excluding carboxylic acids is 1. The third-order valence-electron chi connectivity index (χ3n) is 3.89. The quantitative estimate of drug-likeness (QED) is 0.740. The number of carbonyl (C=O) groups is 1. The largest absolute Gasteiger partial charge is 0.372 e. The van der Waals surface area contributed by atoms with Crippen molar-refractivity contribution in [3.05, 3.63) is 26.6 Å². The van der Waals surface area contributed by atoms with E-state index in [9.17, 15) is 4.79 Å². The normalized spacial score (nSPS) is 17.3. The zero-order valence-electron chi connectivity index (χ0n) is 12.5. The Hall–Kier alpha value is -0.550. The fourth-order valence-electron chi connectivity index (χ4n) is 2.69. The molecular formula is C16H22Br2N2O. The Kier molecular flexibility index (Phi) is 6.11. The van der Waals surface area contributed by atoms with E-state index < -0.39 is 0 Å². The van der Waals surface area contributed by atoms with E-state index in [2.05, 4.69) is 42.5 Å². The molecule has 0 bridgehead atoms. The summed E-state index contributed by atoms with van der Waals surface area (Å²) < 4.78 is 1.93. The van der Waals surface area contributed by atoms with E-state index in [0.717, 1.165) is 27.5 Å². The zero-order chi connectivity index (χ0) is 15.4. The third-order valence-corrected chi connectivity index (χ3v) is 5.14. The van der Waals surface area contributed by atoms with E-state index in [1.165, 1.54) is 24.8 Å². The lowest BCUT2D eigenvalue weighted by Gasteiger charge is -2.25. The maximum absolute atomic E-state index is 12.3. The first-order valence-electron chi connectivity index (χ1n) is 7.50. The van der Waals surface area contributed by atoms with Crippen LogP contribution >= 0.6 is 31.9 Å². The van der Waals surface area contributed by atoms with Crippen molar-refractivity contribution in [2.75, 3.05) is 5.32 Å². The molecule has 116 valence electrons. The molecule has 1 atom stereocenters. The predicted molar refractivity (Wildman–Crippen MR) is 94.7 cm³/mol. The lowest BCUT2D eigenvalue weighted by atomic mass is 9.95. The van der Waals surface area contributed by atoms with Crippen LogP contribution in [0.1, 0.15) is 44.6 Å². The summed E-state index contributed by atoms with van der Waals surface area (Å²) in [5, 5.41) is 6.45. The van der Waals surface area contributed by atoms with Gasteiger partial charge < -0.3 is 10.6 Å². The van der Waals surface area contributed by atoms with Crippen molar-refractivity contribution in [3.8, 4) is 0 Å². The molecule has 1 aliphatic carbocycles. The second-order valence-electron chi connectivity index (χ2n) is 5.81. The number of halogens is 2. The standard InChI is InChI=1S/C16H22Br2N2O/c1-10-8-13(17)15(14(18)9-10)19-11(2)16(21)20-12-6-4-3-5-7-12/h8-9,11-12,19H,3-7H2,1-2H3,(H,20,21). The van der Waals surface area contributed by atoms with E-state index in [-0.39, 0.29) is 11.9 Å². The van der Waals surface area contributed by atoms with Gasteiger partial charge in [0, 0.05) is 15.0 Å². The average Bonchev–Trinajstić information content (AvgIpc) is 2.43. The Morgan fingerprint density at radius 2 is 1.76 bits per heavy atom. The monoisotopic (exact) mass is 416 g/mol. The van der Waals surface area contributed by atoms with E-state index in [1.54, 1.807) is 0 Å². The Balaban J connectivity index is 1.97. The topological polar surface area (TPSA) is 41.1 Å². The molecule has 1 amide bonds. The molecule has 2 rings (SSSR count). The highest BCUT2D eigenvalue weighted by molar-refractivity contribution is 9.11. The van der Waals surface area contributed by atoms with Crippen LogP contribution < -0.4 is 10.6 Å². The molecule has 0 radical (unpaired) electrons. The minimum Gasteiger partial charge on any atom is -0.372 e. The Bertz CT molecular complexity index is 490. The SMILES string of the molecule is Cc1cc(Br)c(NC(C)C(=O)NC2CCCCC2)c(Br)c1. The lowest BCUT2D eigenvalue weighted by Crippen LogP contribution is -2.44. The molecule has 1 saturated carbocycles. The van der Waals surface area contributed by atoms with Crippen molar-refractivity contribution in [1.82, 2.24) is 5.32 Å². The van der Waals surface area contributed by atoms with E-state index in [0.29, 0.717) is 6.04 Å². The number of aryl methyl sites for hydroxylation is 1. The molecule has 3 nitrogen and oxygen atoms in total. The third kappa shape index (κ3) is 4.71. The predicted octanol–water partition coefficient (Wildman–Crippen LogP) is 4.77. The smallest absolute Gasteiger partial charge is 0.242 e. The van der Waals surface area contributed by atoms with Gasteiger partial charge in [0.15, 0.2) is 0 Å². The van der Waals surface area contributed by atoms with Gasteiger partial charge >= 0.3 is 0 Å². The second kappa shape index (κ2) is 7.63. The molecule has 0 spiro atoms. The van der Waals surface area contributed by atoms with Gasteiger partial charge in [0.1, 0.15) is 6.04 Å². The van der Waals surface area contributed by atoms with Crippen LogP contribution in [-0.4, -0.2) is 18.0 Å². The van der Waals surface area contributed by atoms with Crippen LogP contribution in [0.3, 0.4) is 0 Å². The van der Waals surface area contributed by atoms with Crippen molar-refractivity contribution < 1.29 is 4.79 Å². The summed E-state index contributed by atoms with van der Waals surface area (Å²) in [4.78, 5) is 12.3. The Morgan fingerprint density at radius 3 is 2.33 bits per heavy atom. The molecule has 0 aliphatic heterocycles. The molecule has 0 heterocycles. The summed E-state index contributed by atoms with van der Waals surface area (Å²) in [6.07, 6.45) is 5.96. The number of benzene rings is 1. The first kappa shape index (κ1) is 16.8. The van der Waals surface area contributed by atoms with Gasteiger partial charge in [-0.3, -0.25) is 4.79 Å². The van der Waals surface area contributed by atoms with E-state index in [4.69, 9.17) is 0 Å². The molecule has 1 aliphatic rings. The maximum Gasteiger partial charge on any atom is 0.242 e. The van der Waals surface area contributed by atoms with Gasteiger partial charge in [-0.15, -0.1) is 0 Å². The van der Waals surface area contributed by atoms with Gasteiger partial charge in [-0.2, -0.15) is 0 Å². The molecule has 2 N–H and O–H groups in total. The molecule has 1 aromatic carbocycles. The van der Waals surface area contributed by atoms with Crippen molar-refractivity contribution in [2.24, 2.45) is 0 Å². The second-order valence-corrected chi connectivity index (χ2v) is 7.52.